The van der Waals surface area contributed by atoms with E-state index in [0.717, 1.165) is 4.90 Å². The summed E-state index contributed by atoms with van der Waals surface area (Å²) >= 11 is 1.32. The maximum atomic E-state index is 13.5. The predicted octanol–water partition coefficient (Wildman–Crippen LogP) is 6.83. The van der Waals surface area contributed by atoms with Crippen LogP contribution in [0.3, 0.4) is 0 Å². The summed E-state index contributed by atoms with van der Waals surface area (Å²) in [6.07, 6.45) is 2.06. The zero-order valence-corrected chi connectivity index (χ0v) is 25.7. The van der Waals surface area contributed by atoms with Crippen LogP contribution in [-0.4, -0.2) is 35.0 Å². The highest BCUT2D eigenvalue weighted by Gasteiger charge is 2.21. The van der Waals surface area contributed by atoms with Crippen molar-refractivity contribution in [1.82, 2.24) is 5.32 Å². The minimum Gasteiger partial charge on any atom is -0.496 e. The minimum atomic E-state index is -0.550. The second-order valence-corrected chi connectivity index (χ2v) is 11.1. The number of methoxy groups -OCH3 is 1. The molecule has 0 saturated carbocycles. The Hall–Kier alpha value is -5.42. The Morgan fingerprint density at radius 3 is 2.36 bits per heavy atom. The summed E-state index contributed by atoms with van der Waals surface area (Å²) in [7, 11) is 1.52. The van der Waals surface area contributed by atoms with Crippen LogP contribution in [0.1, 0.15) is 34.8 Å². The van der Waals surface area contributed by atoms with Crippen LogP contribution in [-0.2, 0) is 9.59 Å². The van der Waals surface area contributed by atoms with Gasteiger partial charge in [0.05, 0.1) is 17.3 Å². The van der Waals surface area contributed by atoms with Gasteiger partial charge in [-0.3, -0.25) is 24.5 Å². The Labute approximate surface area is 265 Å². The zero-order chi connectivity index (χ0) is 32.3. The maximum Gasteiger partial charge on any atom is 0.272 e. The third-order valence-electron chi connectivity index (χ3n) is 6.68. The first kappa shape index (κ1) is 32.5. The highest BCUT2D eigenvalue weighted by Crippen LogP contribution is 2.30. The smallest absolute Gasteiger partial charge is 0.272 e. The Bertz CT molecular complexity index is 1740. The number of nitrogens with one attached hydrogen (secondary N) is 3. The molecule has 1 unspecified atom stereocenters. The molecule has 45 heavy (non-hydrogen) atoms. The van der Waals surface area contributed by atoms with E-state index in [1.165, 1.54) is 37.1 Å². The van der Waals surface area contributed by atoms with Crippen molar-refractivity contribution in [2.24, 2.45) is 0 Å². The van der Waals surface area contributed by atoms with Gasteiger partial charge in [0, 0.05) is 39.5 Å². The number of rotatable bonds is 12. The molecule has 0 fully saturated rings. The number of para-hydroxylation sites is 1. The topological polar surface area (TPSA) is 140 Å². The van der Waals surface area contributed by atoms with Crippen molar-refractivity contribution in [3.05, 3.63) is 130 Å². The number of nitro groups is 1. The lowest BCUT2D eigenvalue weighted by Gasteiger charge is -2.17. The number of thioether (sulfide) groups is 1. The summed E-state index contributed by atoms with van der Waals surface area (Å²) in [6.45, 7) is 3.58. The molecule has 0 bridgehead atoms. The van der Waals surface area contributed by atoms with E-state index < -0.39 is 22.0 Å². The molecular weight excluding hydrogens is 592 g/mol. The highest BCUT2D eigenvalue weighted by molar-refractivity contribution is 8.00. The van der Waals surface area contributed by atoms with Gasteiger partial charge in [-0.05, 0) is 67.4 Å². The second kappa shape index (κ2) is 15.3. The normalized spacial score (nSPS) is 11.7. The molecule has 11 heteroatoms. The van der Waals surface area contributed by atoms with Crippen LogP contribution >= 0.6 is 11.8 Å². The average Bonchev–Trinajstić information content (AvgIpc) is 3.04. The van der Waals surface area contributed by atoms with Gasteiger partial charge in [0.25, 0.3) is 17.5 Å². The van der Waals surface area contributed by atoms with E-state index in [1.54, 1.807) is 85.8 Å². The zero-order valence-electron chi connectivity index (χ0n) is 24.9. The fraction of sp³-hybridized carbons (Fsp3) is 0.147. The van der Waals surface area contributed by atoms with Crippen molar-refractivity contribution >= 4 is 52.6 Å². The summed E-state index contributed by atoms with van der Waals surface area (Å²) in [6, 6.07) is 27.0. The third-order valence-corrected chi connectivity index (χ3v) is 8.04. The van der Waals surface area contributed by atoms with Crippen LogP contribution in [0.25, 0.3) is 6.08 Å². The van der Waals surface area contributed by atoms with Gasteiger partial charge in [-0.2, -0.15) is 0 Å². The molecule has 1 atom stereocenters. The molecule has 0 saturated heterocycles. The lowest BCUT2D eigenvalue weighted by atomic mass is 10.1. The number of non-ortho nitro benzene ring substituents is 1. The molecule has 0 aromatic heterocycles. The fourth-order valence-electron chi connectivity index (χ4n) is 4.33. The number of hydrogen-bond donors (Lipinski definition) is 3. The quantitative estimate of drug-likeness (QED) is 0.0679. The van der Waals surface area contributed by atoms with Crippen molar-refractivity contribution in [3.63, 3.8) is 0 Å². The van der Waals surface area contributed by atoms with E-state index in [2.05, 4.69) is 16.0 Å². The van der Waals surface area contributed by atoms with E-state index in [0.29, 0.717) is 40.2 Å². The molecule has 4 aromatic carbocycles. The number of anilines is 2. The first-order valence-electron chi connectivity index (χ1n) is 14.0. The van der Waals surface area contributed by atoms with Crippen molar-refractivity contribution in [3.8, 4) is 5.75 Å². The Morgan fingerprint density at radius 1 is 0.933 bits per heavy atom. The molecule has 0 aliphatic carbocycles. The molecule has 0 aliphatic rings. The van der Waals surface area contributed by atoms with E-state index >= 15 is 0 Å². The first-order valence-corrected chi connectivity index (χ1v) is 14.9. The number of benzene rings is 4. The number of ether oxygens (including phenoxy) is 1. The lowest BCUT2D eigenvalue weighted by Crippen LogP contribution is -2.30. The molecule has 10 nitrogen and oxygen atoms in total. The van der Waals surface area contributed by atoms with Crippen LogP contribution in [0.2, 0.25) is 0 Å². The van der Waals surface area contributed by atoms with Gasteiger partial charge in [0.1, 0.15) is 11.4 Å². The van der Waals surface area contributed by atoms with Gasteiger partial charge in [0.2, 0.25) is 5.91 Å². The number of nitrogens with zero attached hydrogens (tertiary/aromatic N) is 1. The Morgan fingerprint density at radius 2 is 1.67 bits per heavy atom. The van der Waals surface area contributed by atoms with Crippen LogP contribution in [0.5, 0.6) is 5.75 Å². The van der Waals surface area contributed by atoms with Crippen molar-refractivity contribution in [2.45, 2.75) is 30.4 Å². The average molecular weight is 625 g/mol. The molecule has 0 heterocycles. The fourth-order valence-corrected chi connectivity index (χ4v) is 5.34. The van der Waals surface area contributed by atoms with Gasteiger partial charge >= 0.3 is 0 Å². The van der Waals surface area contributed by atoms with E-state index in [-0.39, 0.29) is 17.3 Å². The van der Waals surface area contributed by atoms with Gasteiger partial charge in [-0.1, -0.05) is 49.4 Å². The van der Waals surface area contributed by atoms with Crippen molar-refractivity contribution in [1.29, 1.82) is 0 Å². The van der Waals surface area contributed by atoms with Gasteiger partial charge in [-0.15, -0.1) is 11.8 Å². The summed E-state index contributed by atoms with van der Waals surface area (Å²) in [4.78, 5) is 51.0. The van der Waals surface area contributed by atoms with Crippen molar-refractivity contribution < 1.29 is 24.0 Å². The first-order chi connectivity index (χ1) is 21.7. The van der Waals surface area contributed by atoms with Crippen LogP contribution < -0.4 is 20.7 Å². The van der Waals surface area contributed by atoms with Crippen LogP contribution in [0.4, 0.5) is 17.1 Å². The summed E-state index contributed by atoms with van der Waals surface area (Å²) in [5.41, 5.74) is 2.50. The van der Waals surface area contributed by atoms with Gasteiger partial charge in [0.15, 0.2) is 0 Å². The van der Waals surface area contributed by atoms with Crippen molar-refractivity contribution in [2.75, 3.05) is 17.7 Å². The standard InChI is InChI=1S/C34H32N4O6S/c1-4-31(34(41)36-28-18-17-26(38(42)43)19-22(28)2)45-27-15-10-14-25(21-27)35-33(40)29(20-24-13-8-9-16-30(24)44-3)37-32(39)23-11-6-5-7-12-23/h5-21,31H,4H2,1-3H3,(H,35,40)(H,36,41)(H,37,39)/b29-20+. The summed E-state index contributed by atoms with van der Waals surface area (Å²) < 4.78 is 5.42. The van der Waals surface area contributed by atoms with Gasteiger partial charge < -0.3 is 20.7 Å². The number of aryl methyl sites for hydroxylation is 1. The number of hydrogen-bond acceptors (Lipinski definition) is 7. The second-order valence-electron chi connectivity index (χ2n) is 9.86. The van der Waals surface area contributed by atoms with Crippen LogP contribution in [0, 0.1) is 17.0 Å². The van der Waals surface area contributed by atoms with E-state index in [9.17, 15) is 24.5 Å². The monoisotopic (exact) mass is 624 g/mol. The predicted molar refractivity (Wildman–Crippen MR) is 176 cm³/mol. The number of amides is 3. The maximum absolute atomic E-state index is 13.5. The largest absolute Gasteiger partial charge is 0.496 e. The third kappa shape index (κ3) is 8.80. The molecule has 0 spiro atoms. The van der Waals surface area contributed by atoms with E-state index in [4.69, 9.17) is 4.74 Å². The number of carbonyl (C=O) groups excluding carboxylic acids is 3. The summed E-state index contributed by atoms with van der Waals surface area (Å²) in [5.74, 6) is -0.718. The minimum absolute atomic E-state index is 0.00990. The number of nitro benzene ring substituents is 1. The molecular formula is C34H32N4O6S. The Kier molecular flexibility index (Phi) is 11.1. The molecule has 4 aromatic rings. The molecule has 0 radical (unpaired) electrons. The van der Waals surface area contributed by atoms with Crippen LogP contribution in [0.15, 0.2) is 108 Å². The number of carbonyl (C=O) groups is 3. The molecule has 3 N–H and O–H groups in total. The molecule has 4 rings (SSSR count). The Balaban J connectivity index is 1.51. The van der Waals surface area contributed by atoms with E-state index in [1.807, 2.05) is 13.0 Å². The molecule has 0 aliphatic heterocycles. The SMILES string of the molecule is CCC(Sc1cccc(NC(=O)/C(=C\c2ccccc2OC)NC(=O)c2ccccc2)c1)C(=O)Nc1ccc([N+](=O)[O-])cc1C. The summed E-state index contributed by atoms with van der Waals surface area (Å²) in [5, 5.41) is 19.0. The molecule has 3 amide bonds. The lowest BCUT2D eigenvalue weighted by molar-refractivity contribution is -0.384. The van der Waals surface area contributed by atoms with Gasteiger partial charge in [-0.25, -0.2) is 0 Å². The molecule has 230 valence electrons. The highest BCUT2D eigenvalue weighted by atomic mass is 32.2.